The number of carbonyl (C=O) groups is 2. The van der Waals surface area contributed by atoms with Crippen molar-refractivity contribution < 1.29 is 14.0 Å². The lowest BCUT2D eigenvalue weighted by Gasteiger charge is -2.40. The van der Waals surface area contributed by atoms with Crippen molar-refractivity contribution in [3.8, 4) is 0 Å². The summed E-state index contributed by atoms with van der Waals surface area (Å²) in [6, 6.07) is 25.4. The number of urea groups is 1. The zero-order valence-corrected chi connectivity index (χ0v) is 19.2. The van der Waals surface area contributed by atoms with Crippen LogP contribution in [0.3, 0.4) is 0 Å². The summed E-state index contributed by atoms with van der Waals surface area (Å²) in [5.41, 5.74) is 2.50. The topological polar surface area (TPSA) is 64.7 Å². The van der Waals surface area contributed by atoms with Gasteiger partial charge in [0.1, 0.15) is 11.9 Å². The first kappa shape index (κ1) is 23.4. The third kappa shape index (κ3) is 5.61. The highest BCUT2D eigenvalue weighted by atomic mass is 19.1. The van der Waals surface area contributed by atoms with Gasteiger partial charge >= 0.3 is 6.03 Å². The van der Waals surface area contributed by atoms with Gasteiger partial charge in [-0.2, -0.15) is 0 Å². The fourth-order valence-corrected chi connectivity index (χ4v) is 4.34. The first-order chi connectivity index (χ1) is 16.5. The highest BCUT2D eigenvalue weighted by Crippen LogP contribution is 2.29. The van der Waals surface area contributed by atoms with Crippen molar-refractivity contribution in [2.45, 2.75) is 19.0 Å². The molecule has 1 aliphatic heterocycles. The quantitative estimate of drug-likeness (QED) is 0.578. The highest BCUT2D eigenvalue weighted by molar-refractivity contribution is 5.93. The predicted octanol–water partition coefficient (Wildman–Crippen LogP) is 4.27. The van der Waals surface area contributed by atoms with Gasteiger partial charge in [-0.1, -0.05) is 72.8 Å². The molecule has 6 nitrogen and oxygen atoms in total. The number of piperazine rings is 1. The molecule has 176 valence electrons. The monoisotopic (exact) mass is 460 g/mol. The molecule has 0 saturated carbocycles. The highest BCUT2D eigenvalue weighted by Gasteiger charge is 2.30. The molecule has 0 bridgehead atoms. The Hall–Kier alpha value is -3.71. The van der Waals surface area contributed by atoms with Gasteiger partial charge in [-0.3, -0.25) is 9.69 Å². The number of benzene rings is 3. The van der Waals surface area contributed by atoms with Gasteiger partial charge in [0, 0.05) is 26.2 Å². The summed E-state index contributed by atoms with van der Waals surface area (Å²) in [7, 11) is 0. The number of nitrogens with zero attached hydrogens (tertiary/aromatic N) is 2. The lowest BCUT2D eigenvalue weighted by molar-refractivity contribution is -0.134. The molecular weight excluding hydrogens is 431 g/mol. The molecule has 1 aliphatic rings. The molecule has 0 aliphatic carbocycles. The van der Waals surface area contributed by atoms with Crippen LogP contribution in [-0.2, 0) is 4.79 Å². The summed E-state index contributed by atoms with van der Waals surface area (Å²) in [5.74, 6) is -0.682. The molecule has 0 spiro atoms. The molecule has 1 fully saturated rings. The smallest absolute Gasteiger partial charge is 0.319 e. The van der Waals surface area contributed by atoms with Gasteiger partial charge in [0.05, 0.1) is 11.7 Å². The first-order valence-corrected chi connectivity index (χ1v) is 11.5. The molecule has 4 rings (SSSR count). The average Bonchev–Trinajstić information content (AvgIpc) is 2.87. The van der Waals surface area contributed by atoms with Crippen molar-refractivity contribution in [1.29, 1.82) is 0 Å². The normalized spacial score (nSPS) is 15.1. The largest absolute Gasteiger partial charge is 0.338 e. The van der Waals surface area contributed by atoms with Crippen LogP contribution < -0.4 is 10.6 Å². The Bertz CT molecular complexity index is 1060. The van der Waals surface area contributed by atoms with Crippen LogP contribution in [0.15, 0.2) is 84.9 Å². The van der Waals surface area contributed by atoms with Crippen molar-refractivity contribution in [2.75, 3.05) is 31.5 Å². The maximum Gasteiger partial charge on any atom is 0.319 e. The fraction of sp³-hybridized carbons (Fsp3) is 0.259. The number of para-hydroxylation sites is 1. The van der Waals surface area contributed by atoms with E-state index in [1.807, 2.05) is 36.4 Å². The molecular formula is C27H29FN4O2. The Morgan fingerprint density at radius 3 is 1.88 bits per heavy atom. The van der Waals surface area contributed by atoms with E-state index < -0.39 is 17.9 Å². The Balaban J connectivity index is 1.36. The summed E-state index contributed by atoms with van der Waals surface area (Å²) in [6.45, 7) is 4.21. The molecule has 3 aromatic rings. The first-order valence-electron chi connectivity index (χ1n) is 11.5. The molecule has 1 saturated heterocycles. The zero-order valence-electron chi connectivity index (χ0n) is 19.2. The maximum absolute atomic E-state index is 13.8. The number of nitrogens with one attached hydrogen (secondary N) is 2. The minimum Gasteiger partial charge on any atom is -0.338 e. The average molecular weight is 461 g/mol. The number of hydrogen-bond donors (Lipinski definition) is 2. The van der Waals surface area contributed by atoms with E-state index in [2.05, 4.69) is 39.8 Å². The molecule has 3 aromatic carbocycles. The van der Waals surface area contributed by atoms with Crippen LogP contribution in [0.5, 0.6) is 0 Å². The van der Waals surface area contributed by atoms with Gasteiger partial charge in [0.25, 0.3) is 0 Å². The van der Waals surface area contributed by atoms with Crippen LogP contribution in [0.1, 0.15) is 24.1 Å². The number of carbonyl (C=O) groups excluding carboxylic acids is 2. The molecule has 0 aromatic heterocycles. The van der Waals surface area contributed by atoms with Crippen molar-refractivity contribution in [3.05, 3.63) is 102 Å². The molecule has 1 unspecified atom stereocenters. The standard InChI is InChI=1S/C27H29FN4O2/c1-20(29-27(34)30-24-15-9-8-14-23(24)28)26(33)32-18-16-31(17-19-32)25(21-10-4-2-5-11-21)22-12-6-3-7-13-22/h2-15,20,25H,16-19H2,1H3,(H2,29,30,34). The van der Waals surface area contributed by atoms with Crippen molar-refractivity contribution in [2.24, 2.45) is 0 Å². The number of rotatable bonds is 6. The van der Waals surface area contributed by atoms with Crippen LogP contribution in [0.4, 0.5) is 14.9 Å². The van der Waals surface area contributed by atoms with Gasteiger partial charge in [0.2, 0.25) is 5.91 Å². The fourth-order valence-electron chi connectivity index (χ4n) is 4.34. The minimum atomic E-state index is -0.725. The van der Waals surface area contributed by atoms with Crippen LogP contribution in [0.2, 0.25) is 0 Å². The van der Waals surface area contributed by atoms with Crippen LogP contribution in [0, 0.1) is 5.82 Å². The van der Waals surface area contributed by atoms with E-state index >= 15 is 0 Å². The lowest BCUT2D eigenvalue weighted by Crippen LogP contribution is -2.55. The second-order valence-electron chi connectivity index (χ2n) is 8.39. The van der Waals surface area contributed by atoms with Gasteiger partial charge < -0.3 is 15.5 Å². The van der Waals surface area contributed by atoms with Crippen LogP contribution >= 0.6 is 0 Å². The Morgan fingerprint density at radius 1 is 0.794 bits per heavy atom. The van der Waals surface area contributed by atoms with Crippen LogP contribution in [0.25, 0.3) is 0 Å². The van der Waals surface area contributed by atoms with Crippen molar-refractivity contribution in [3.63, 3.8) is 0 Å². The summed E-state index contributed by atoms with van der Waals surface area (Å²) < 4.78 is 13.8. The zero-order chi connectivity index (χ0) is 23.9. The predicted molar refractivity (Wildman–Crippen MR) is 131 cm³/mol. The van der Waals surface area contributed by atoms with Crippen molar-refractivity contribution >= 4 is 17.6 Å². The van der Waals surface area contributed by atoms with Gasteiger partial charge in [-0.05, 0) is 30.2 Å². The maximum atomic E-state index is 13.8. The van der Waals surface area contributed by atoms with E-state index in [0.29, 0.717) is 26.2 Å². The van der Waals surface area contributed by atoms with Crippen LogP contribution in [-0.4, -0.2) is 54.0 Å². The molecule has 0 radical (unpaired) electrons. The second kappa shape index (κ2) is 10.9. The Labute approximate surface area is 199 Å². The molecule has 7 heteroatoms. The van der Waals surface area contributed by atoms with E-state index in [1.54, 1.807) is 24.0 Å². The summed E-state index contributed by atoms with van der Waals surface area (Å²) in [6.07, 6.45) is 0. The number of anilines is 1. The molecule has 34 heavy (non-hydrogen) atoms. The second-order valence-corrected chi connectivity index (χ2v) is 8.39. The lowest BCUT2D eigenvalue weighted by atomic mass is 9.96. The SMILES string of the molecule is CC(NC(=O)Nc1ccccc1F)C(=O)N1CCN(C(c2ccccc2)c2ccccc2)CC1. The summed E-state index contributed by atoms with van der Waals surface area (Å²) in [4.78, 5) is 29.4. The van der Waals surface area contributed by atoms with E-state index in [1.165, 1.54) is 23.3 Å². The van der Waals surface area contributed by atoms with Crippen molar-refractivity contribution in [1.82, 2.24) is 15.1 Å². The minimum absolute atomic E-state index is 0.0705. The number of hydrogen-bond acceptors (Lipinski definition) is 3. The number of amides is 3. The van der Waals surface area contributed by atoms with E-state index in [9.17, 15) is 14.0 Å². The third-order valence-electron chi connectivity index (χ3n) is 6.06. The molecule has 3 amide bonds. The Kier molecular flexibility index (Phi) is 7.54. The Morgan fingerprint density at radius 2 is 1.32 bits per heavy atom. The van der Waals surface area contributed by atoms with E-state index in [-0.39, 0.29) is 17.6 Å². The summed E-state index contributed by atoms with van der Waals surface area (Å²) >= 11 is 0. The van der Waals surface area contributed by atoms with E-state index in [0.717, 1.165) is 0 Å². The van der Waals surface area contributed by atoms with E-state index in [4.69, 9.17) is 0 Å². The third-order valence-corrected chi connectivity index (χ3v) is 6.06. The molecule has 2 N–H and O–H groups in total. The van der Waals surface area contributed by atoms with Gasteiger partial charge in [-0.15, -0.1) is 0 Å². The molecule has 1 atom stereocenters. The molecule has 1 heterocycles. The number of halogens is 1. The van der Waals surface area contributed by atoms with Gasteiger partial charge in [0.15, 0.2) is 0 Å². The summed E-state index contributed by atoms with van der Waals surface area (Å²) in [5, 5.41) is 5.07. The van der Waals surface area contributed by atoms with Gasteiger partial charge in [-0.25, -0.2) is 9.18 Å².